The maximum atomic E-state index is 12.9. The van der Waals surface area contributed by atoms with E-state index in [0.29, 0.717) is 62.3 Å². The Morgan fingerprint density at radius 3 is 2.40 bits per heavy atom. The van der Waals surface area contributed by atoms with E-state index in [9.17, 15) is 10.1 Å². The van der Waals surface area contributed by atoms with Crippen molar-refractivity contribution in [2.24, 2.45) is 0 Å². The van der Waals surface area contributed by atoms with Crippen molar-refractivity contribution >= 4 is 11.8 Å². The number of anilines is 1. The molecule has 1 fully saturated rings. The molecule has 1 aromatic carbocycles. The summed E-state index contributed by atoms with van der Waals surface area (Å²) in [5.74, 6) is 1.05. The van der Waals surface area contributed by atoms with Gasteiger partial charge in [0.1, 0.15) is 6.07 Å². The highest BCUT2D eigenvalue weighted by Crippen LogP contribution is 2.22. The van der Waals surface area contributed by atoms with Crippen molar-refractivity contribution in [3.05, 3.63) is 47.0 Å². The first-order chi connectivity index (χ1) is 14.4. The van der Waals surface area contributed by atoms with Crippen molar-refractivity contribution in [2.45, 2.75) is 33.4 Å². The number of aryl methyl sites for hydroxylation is 1. The molecule has 2 heterocycles. The molecule has 0 saturated carbocycles. The van der Waals surface area contributed by atoms with Crippen molar-refractivity contribution in [3.8, 4) is 12.1 Å². The van der Waals surface area contributed by atoms with Crippen molar-refractivity contribution in [2.75, 3.05) is 37.6 Å². The van der Waals surface area contributed by atoms with Gasteiger partial charge in [-0.05, 0) is 31.5 Å². The van der Waals surface area contributed by atoms with E-state index in [1.807, 2.05) is 21.9 Å². The van der Waals surface area contributed by atoms with Crippen LogP contribution < -0.4 is 4.90 Å². The fourth-order valence-electron chi connectivity index (χ4n) is 3.48. The Hall–Kier alpha value is -3.36. The maximum absolute atomic E-state index is 12.9. The van der Waals surface area contributed by atoms with Crippen molar-refractivity contribution < 1.29 is 9.21 Å². The Morgan fingerprint density at radius 2 is 1.83 bits per heavy atom. The summed E-state index contributed by atoms with van der Waals surface area (Å²) in [7, 11) is 0. The maximum Gasteiger partial charge on any atom is 0.236 e. The standard InChI is InChI=1S/C22H26N6O2/c1-16(2)28(14-19-6-4-18(12-23)5-7-19)15-21(29)26-8-10-27(11-9-26)22-20(13-24)25-17(3)30-22/h4-7,16H,8-11,14-15H2,1-3H3. The van der Waals surface area contributed by atoms with Crippen LogP contribution in [0.5, 0.6) is 0 Å². The Bertz CT molecular complexity index is 959. The number of hydrogen-bond acceptors (Lipinski definition) is 7. The normalized spacial score (nSPS) is 14.1. The van der Waals surface area contributed by atoms with Gasteiger partial charge in [-0.15, -0.1) is 0 Å². The van der Waals surface area contributed by atoms with Crippen LogP contribution in [-0.4, -0.2) is 59.5 Å². The molecule has 0 aliphatic carbocycles. The number of nitrogens with zero attached hydrogens (tertiary/aromatic N) is 6. The Kier molecular flexibility index (Phi) is 6.71. The third-order valence-corrected chi connectivity index (χ3v) is 5.28. The Labute approximate surface area is 176 Å². The predicted molar refractivity (Wildman–Crippen MR) is 111 cm³/mol. The van der Waals surface area contributed by atoms with Crippen molar-refractivity contribution in [1.82, 2.24) is 14.8 Å². The van der Waals surface area contributed by atoms with Gasteiger partial charge < -0.3 is 14.2 Å². The average molecular weight is 406 g/mol. The molecule has 1 saturated heterocycles. The molecule has 0 atom stereocenters. The molecule has 0 radical (unpaired) electrons. The number of benzene rings is 1. The molecule has 30 heavy (non-hydrogen) atoms. The van der Waals surface area contributed by atoms with Gasteiger partial charge in [0.05, 0.1) is 18.2 Å². The predicted octanol–water partition coefficient (Wildman–Crippen LogP) is 2.29. The molecule has 0 spiro atoms. The lowest BCUT2D eigenvalue weighted by atomic mass is 10.1. The van der Waals surface area contributed by atoms with E-state index in [4.69, 9.17) is 9.68 Å². The largest absolute Gasteiger partial charge is 0.424 e. The highest BCUT2D eigenvalue weighted by atomic mass is 16.4. The first-order valence-electron chi connectivity index (χ1n) is 10.0. The summed E-state index contributed by atoms with van der Waals surface area (Å²) in [6.07, 6.45) is 0. The molecule has 1 aromatic heterocycles. The van der Waals surface area contributed by atoms with Gasteiger partial charge in [-0.2, -0.15) is 10.5 Å². The molecule has 1 aliphatic rings. The monoisotopic (exact) mass is 406 g/mol. The van der Waals surface area contributed by atoms with Crippen LogP contribution in [0.1, 0.15) is 36.6 Å². The lowest BCUT2D eigenvalue weighted by Crippen LogP contribution is -2.52. The number of nitriles is 2. The van der Waals surface area contributed by atoms with E-state index < -0.39 is 0 Å². The molecular weight excluding hydrogens is 380 g/mol. The molecule has 0 N–H and O–H groups in total. The summed E-state index contributed by atoms with van der Waals surface area (Å²) in [6, 6.07) is 11.9. The first-order valence-corrected chi connectivity index (χ1v) is 10.0. The van der Waals surface area contributed by atoms with Crippen LogP contribution in [-0.2, 0) is 11.3 Å². The SMILES string of the molecule is Cc1nc(C#N)c(N2CCN(C(=O)CN(Cc3ccc(C#N)cc3)C(C)C)CC2)o1. The number of oxazole rings is 1. The molecule has 2 aromatic rings. The van der Waals surface area contributed by atoms with Crippen molar-refractivity contribution in [3.63, 3.8) is 0 Å². The van der Waals surface area contributed by atoms with Gasteiger partial charge >= 0.3 is 0 Å². The highest BCUT2D eigenvalue weighted by molar-refractivity contribution is 5.78. The minimum atomic E-state index is 0.0891. The quantitative estimate of drug-likeness (QED) is 0.725. The molecule has 8 heteroatoms. The Balaban J connectivity index is 1.58. The summed E-state index contributed by atoms with van der Waals surface area (Å²) in [5, 5.41) is 18.2. The van der Waals surface area contributed by atoms with Crippen LogP contribution in [0.15, 0.2) is 28.7 Å². The second kappa shape index (κ2) is 9.43. The summed E-state index contributed by atoms with van der Waals surface area (Å²) < 4.78 is 5.58. The van der Waals surface area contributed by atoms with Crippen LogP contribution in [0.25, 0.3) is 0 Å². The van der Waals surface area contributed by atoms with Gasteiger partial charge in [0, 0.05) is 45.7 Å². The Morgan fingerprint density at radius 1 is 1.17 bits per heavy atom. The third-order valence-electron chi connectivity index (χ3n) is 5.28. The van der Waals surface area contributed by atoms with Crippen molar-refractivity contribution in [1.29, 1.82) is 10.5 Å². The van der Waals surface area contributed by atoms with E-state index in [2.05, 4.69) is 35.9 Å². The third kappa shape index (κ3) is 4.97. The number of rotatable bonds is 6. The second-order valence-electron chi connectivity index (χ2n) is 7.67. The van der Waals surface area contributed by atoms with Crippen LogP contribution in [0.2, 0.25) is 0 Å². The minimum absolute atomic E-state index is 0.0891. The van der Waals surface area contributed by atoms with Crippen LogP contribution in [0, 0.1) is 29.6 Å². The van der Waals surface area contributed by atoms with Gasteiger partial charge in [0.15, 0.2) is 5.89 Å². The van der Waals surface area contributed by atoms with E-state index in [1.165, 1.54) is 0 Å². The molecule has 8 nitrogen and oxygen atoms in total. The zero-order valence-corrected chi connectivity index (χ0v) is 17.6. The van der Waals surface area contributed by atoms with E-state index in [1.54, 1.807) is 19.1 Å². The van der Waals surface area contributed by atoms with Gasteiger partial charge in [-0.25, -0.2) is 4.98 Å². The molecule has 0 bridgehead atoms. The van der Waals surface area contributed by atoms with E-state index >= 15 is 0 Å². The molecule has 156 valence electrons. The van der Waals surface area contributed by atoms with Crippen LogP contribution >= 0.6 is 0 Å². The van der Waals surface area contributed by atoms with Gasteiger partial charge in [-0.3, -0.25) is 9.69 Å². The smallest absolute Gasteiger partial charge is 0.236 e. The van der Waals surface area contributed by atoms with E-state index in [0.717, 1.165) is 5.56 Å². The topological polar surface area (TPSA) is 100 Å². The lowest BCUT2D eigenvalue weighted by molar-refractivity contribution is -0.133. The minimum Gasteiger partial charge on any atom is -0.424 e. The summed E-state index contributed by atoms with van der Waals surface area (Å²) in [4.78, 5) is 23.0. The number of aromatic nitrogens is 1. The fraction of sp³-hybridized carbons (Fsp3) is 0.455. The summed E-state index contributed by atoms with van der Waals surface area (Å²) >= 11 is 0. The molecule has 1 aliphatic heterocycles. The number of piperazine rings is 1. The molecule has 3 rings (SSSR count). The first kappa shape index (κ1) is 21.4. The molecule has 1 amide bonds. The summed E-state index contributed by atoms with van der Waals surface area (Å²) in [5.41, 5.74) is 2.00. The zero-order valence-electron chi connectivity index (χ0n) is 17.6. The number of carbonyl (C=O) groups excluding carboxylic acids is 1. The van der Waals surface area contributed by atoms with Gasteiger partial charge in [0.2, 0.25) is 17.5 Å². The summed E-state index contributed by atoms with van der Waals surface area (Å²) in [6.45, 7) is 9.21. The zero-order chi connectivity index (χ0) is 21.7. The number of hydrogen-bond donors (Lipinski definition) is 0. The molecule has 0 unspecified atom stereocenters. The second-order valence-corrected chi connectivity index (χ2v) is 7.67. The fourth-order valence-corrected chi connectivity index (χ4v) is 3.48. The van der Waals surface area contributed by atoms with Gasteiger partial charge in [-0.1, -0.05) is 12.1 Å². The number of carbonyl (C=O) groups is 1. The van der Waals surface area contributed by atoms with E-state index in [-0.39, 0.29) is 11.9 Å². The highest BCUT2D eigenvalue weighted by Gasteiger charge is 2.27. The van der Waals surface area contributed by atoms with Crippen LogP contribution in [0.4, 0.5) is 5.88 Å². The average Bonchev–Trinajstić information content (AvgIpc) is 3.14. The molecular formula is C22H26N6O2. The number of amides is 1. The van der Waals surface area contributed by atoms with Crippen LogP contribution in [0.3, 0.4) is 0 Å². The van der Waals surface area contributed by atoms with Gasteiger partial charge in [0.25, 0.3) is 0 Å². The lowest BCUT2D eigenvalue weighted by Gasteiger charge is -2.36.